The van der Waals surface area contributed by atoms with Gasteiger partial charge in [0.1, 0.15) is 5.00 Å². The third kappa shape index (κ3) is 2.18. The quantitative estimate of drug-likeness (QED) is 0.568. The summed E-state index contributed by atoms with van der Waals surface area (Å²) in [7, 11) is 0. The predicted molar refractivity (Wildman–Crippen MR) is 67.1 cm³/mol. The molecule has 1 aromatic rings. The van der Waals surface area contributed by atoms with Crippen LogP contribution in [-0.2, 0) is 12.8 Å². The maximum absolute atomic E-state index is 5.44. The van der Waals surface area contributed by atoms with Gasteiger partial charge in [-0.15, -0.1) is 11.3 Å². The Hall–Kier alpha value is -0.540. The van der Waals surface area contributed by atoms with Gasteiger partial charge in [-0.3, -0.25) is 0 Å². The molecule has 2 nitrogen and oxygen atoms in total. The molecule has 0 saturated carbocycles. The number of fused-ring (bicyclic) bond motifs is 1. The van der Waals surface area contributed by atoms with Crippen LogP contribution in [0.4, 0.5) is 5.00 Å². The highest BCUT2D eigenvalue weighted by Crippen LogP contribution is 2.41. The lowest BCUT2D eigenvalue weighted by Gasteiger charge is -2.33. The van der Waals surface area contributed by atoms with Gasteiger partial charge >= 0.3 is 0 Å². The Kier molecular flexibility index (Phi) is 2.77. The molecular formula is C12H20N2S. The fourth-order valence-corrected chi connectivity index (χ4v) is 3.42. The van der Waals surface area contributed by atoms with Gasteiger partial charge in [0.2, 0.25) is 0 Å². The van der Waals surface area contributed by atoms with Crippen molar-refractivity contribution in [2.75, 3.05) is 5.43 Å². The second-order valence-corrected chi connectivity index (χ2v) is 6.65. The third-order valence-electron chi connectivity index (χ3n) is 3.46. The molecule has 1 aromatic heterocycles. The first-order valence-corrected chi connectivity index (χ1v) is 6.40. The van der Waals surface area contributed by atoms with Gasteiger partial charge in [-0.25, -0.2) is 5.84 Å². The first-order chi connectivity index (χ1) is 7.00. The van der Waals surface area contributed by atoms with E-state index in [1.165, 1.54) is 29.7 Å². The van der Waals surface area contributed by atoms with Crippen LogP contribution in [0.2, 0.25) is 0 Å². The van der Waals surface area contributed by atoms with Gasteiger partial charge in [-0.05, 0) is 42.2 Å². The average molecular weight is 224 g/mol. The SMILES string of the molecule is CC(C)(C)C1CCc2cc(NN)sc2C1. The molecule has 1 unspecified atom stereocenters. The number of hydrogen-bond acceptors (Lipinski definition) is 3. The van der Waals surface area contributed by atoms with E-state index in [4.69, 9.17) is 5.84 Å². The summed E-state index contributed by atoms with van der Waals surface area (Å²) in [4.78, 5) is 1.54. The molecule has 0 spiro atoms. The Morgan fingerprint density at radius 3 is 2.80 bits per heavy atom. The summed E-state index contributed by atoms with van der Waals surface area (Å²) < 4.78 is 0. The number of hydrogen-bond donors (Lipinski definition) is 2. The Labute approximate surface area is 95.8 Å². The lowest BCUT2D eigenvalue weighted by Crippen LogP contribution is -2.25. The van der Waals surface area contributed by atoms with E-state index in [1.807, 2.05) is 11.3 Å². The van der Waals surface area contributed by atoms with Crippen molar-refractivity contribution in [1.82, 2.24) is 0 Å². The number of anilines is 1. The molecule has 0 fully saturated rings. The van der Waals surface area contributed by atoms with Crippen LogP contribution in [0.1, 0.15) is 37.6 Å². The summed E-state index contributed by atoms with van der Waals surface area (Å²) in [5.74, 6) is 6.26. The van der Waals surface area contributed by atoms with E-state index in [0.717, 1.165) is 10.9 Å². The number of nitrogen functional groups attached to an aromatic ring is 1. The predicted octanol–water partition coefficient (Wildman–Crippen LogP) is 3.18. The van der Waals surface area contributed by atoms with Gasteiger partial charge in [0, 0.05) is 4.88 Å². The van der Waals surface area contributed by atoms with Crippen LogP contribution < -0.4 is 11.3 Å². The first kappa shape index (κ1) is 11.0. The van der Waals surface area contributed by atoms with E-state index in [9.17, 15) is 0 Å². The molecule has 3 heteroatoms. The Balaban J connectivity index is 2.19. The van der Waals surface area contributed by atoms with Crippen LogP contribution in [0.3, 0.4) is 0 Å². The molecular weight excluding hydrogens is 204 g/mol. The number of rotatable bonds is 1. The van der Waals surface area contributed by atoms with Crippen LogP contribution in [0.15, 0.2) is 6.07 Å². The van der Waals surface area contributed by atoms with Crippen molar-refractivity contribution in [3.63, 3.8) is 0 Å². The largest absolute Gasteiger partial charge is 0.315 e. The molecule has 0 radical (unpaired) electrons. The lowest BCUT2D eigenvalue weighted by molar-refractivity contribution is 0.218. The van der Waals surface area contributed by atoms with Crippen LogP contribution in [0.25, 0.3) is 0 Å². The molecule has 1 atom stereocenters. The molecule has 0 amide bonds. The molecule has 2 rings (SSSR count). The standard InChI is InChI=1S/C12H20N2S/c1-12(2,3)9-5-4-8-6-11(14-13)15-10(8)7-9/h6,9,14H,4-5,7,13H2,1-3H3. The zero-order valence-corrected chi connectivity index (χ0v) is 10.6. The van der Waals surface area contributed by atoms with Gasteiger partial charge in [-0.2, -0.15) is 0 Å². The van der Waals surface area contributed by atoms with E-state index in [0.29, 0.717) is 5.41 Å². The highest BCUT2D eigenvalue weighted by atomic mass is 32.1. The fraction of sp³-hybridized carbons (Fsp3) is 0.667. The molecule has 3 N–H and O–H groups in total. The maximum atomic E-state index is 5.44. The number of aryl methyl sites for hydroxylation is 1. The van der Waals surface area contributed by atoms with Crippen molar-refractivity contribution in [1.29, 1.82) is 0 Å². The zero-order chi connectivity index (χ0) is 11.1. The van der Waals surface area contributed by atoms with E-state index in [2.05, 4.69) is 32.3 Å². The second kappa shape index (κ2) is 3.80. The number of nitrogens with two attached hydrogens (primary N) is 1. The van der Waals surface area contributed by atoms with Crippen molar-refractivity contribution < 1.29 is 0 Å². The minimum Gasteiger partial charge on any atom is -0.315 e. The van der Waals surface area contributed by atoms with Crippen molar-refractivity contribution in [3.8, 4) is 0 Å². The van der Waals surface area contributed by atoms with Crippen molar-refractivity contribution in [2.24, 2.45) is 17.2 Å². The maximum Gasteiger partial charge on any atom is 0.103 e. The summed E-state index contributed by atoms with van der Waals surface area (Å²) >= 11 is 1.82. The molecule has 0 aromatic carbocycles. The smallest absolute Gasteiger partial charge is 0.103 e. The van der Waals surface area contributed by atoms with Gasteiger partial charge in [0.15, 0.2) is 0 Å². The molecule has 84 valence electrons. The first-order valence-electron chi connectivity index (χ1n) is 5.59. The molecule has 0 bridgehead atoms. The van der Waals surface area contributed by atoms with Crippen molar-refractivity contribution >= 4 is 16.3 Å². The number of thiophene rings is 1. The van der Waals surface area contributed by atoms with Crippen LogP contribution in [-0.4, -0.2) is 0 Å². The lowest BCUT2D eigenvalue weighted by atomic mass is 9.73. The molecule has 1 aliphatic rings. The van der Waals surface area contributed by atoms with Gasteiger partial charge in [0.05, 0.1) is 0 Å². The van der Waals surface area contributed by atoms with Gasteiger partial charge < -0.3 is 5.43 Å². The molecule has 1 heterocycles. The summed E-state index contributed by atoms with van der Waals surface area (Å²) in [6.45, 7) is 7.04. The Morgan fingerprint density at radius 1 is 1.47 bits per heavy atom. The Morgan fingerprint density at radius 2 is 2.20 bits per heavy atom. The highest BCUT2D eigenvalue weighted by molar-refractivity contribution is 7.16. The van der Waals surface area contributed by atoms with E-state index in [1.54, 1.807) is 0 Å². The number of hydrazine groups is 1. The molecule has 0 saturated heterocycles. The Bertz CT molecular complexity index is 349. The topological polar surface area (TPSA) is 38.0 Å². The molecule has 0 aliphatic heterocycles. The molecule has 15 heavy (non-hydrogen) atoms. The van der Waals surface area contributed by atoms with Crippen molar-refractivity contribution in [3.05, 3.63) is 16.5 Å². The van der Waals surface area contributed by atoms with E-state index >= 15 is 0 Å². The summed E-state index contributed by atoms with van der Waals surface area (Å²) in [6.07, 6.45) is 3.76. The van der Waals surface area contributed by atoms with E-state index < -0.39 is 0 Å². The van der Waals surface area contributed by atoms with Crippen LogP contribution in [0, 0.1) is 11.3 Å². The van der Waals surface area contributed by atoms with Crippen molar-refractivity contribution in [2.45, 2.75) is 40.0 Å². The van der Waals surface area contributed by atoms with Crippen LogP contribution in [0.5, 0.6) is 0 Å². The van der Waals surface area contributed by atoms with Crippen LogP contribution >= 0.6 is 11.3 Å². The van der Waals surface area contributed by atoms with E-state index in [-0.39, 0.29) is 0 Å². The summed E-state index contributed by atoms with van der Waals surface area (Å²) in [5.41, 5.74) is 4.69. The van der Waals surface area contributed by atoms with Gasteiger partial charge in [-0.1, -0.05) is 20.8 Å². The summed E-state index contributed by atoms with van der Waals surface area (Å²) in [6, 6.07) is 2.21. The second-order valence-electron chi connectivity index (χ2n) is 5.51. The minimum atomic E-state index is 0.429. The normalized spacial score (nSPS) is 21.2. The zero-order valence-electron chi connectivity index (χ0n) is 9.76. The summed E-state index contributed by atoms with van der Waals surface area (Å²) in [5, 5.41) is 1.11. The average Bonchev–Trinajstić information content (AvgIpc) is 2.57. The third-order valence-corrected chi connectivity index (χ3v) is 4.59. The monoisotopic (exact) mass is 224 g/mol. The molecule has 1 aliphatic carbocycles. The fourth-order valence-electron chi connectivity index (χ4n) is 2.32. The highest BCUT2D eigenvalue weighted by Gasteiger charge is 2.29. The van der Waals surface area contributed by atoms with Gasteiger partial charge in [0.25, 0.3) is 0 Å². The number of nitrogens with one attached hydrogen (secondary N) is 1. The minimum absolute atomic E-state index is 0.429.